The topological polar surface area (TPSA) is 134 Å². The number of carbonyl (C=O) groups is 1. The highest BCUT2D eigenvalue weighted by Gasteiger charge is 2.31. The molecule has 0 saturated carbocycles. The van der Waals surface area contributed by atoms with Crippen LogP contribution in [0.2, 0.25) is 0 Å². The van der Waals surface area contributed by atoms with Crippen LogP contribution in [0.5, 0.6) is 0 Å². The number of pyridine rings is 2. The van der Waals surface area contributed by atoms with Gasteiger partial charge in [-0.1, -0.05) is 0 Å². The van der Waals surface area contributed by atoms with Gasteiger partial charge in [-0.25, -0.2) is 9.78 Å². The first-order chi connectivity index (χ1) is 13.5. The maximum Gasteiger partial charge on any atom is 0.407 e. The lowest BCUT2D eigenvalue weighted by Gasteiger charge is -2.40. The Morgan fingerprint density at radius 3 is 2.75 bits per heavy atom. The standard InChI is InChI=1S/C17H20N6O5/c1-28-11-13-10-21(8-9-22(13)17(24)25)15-3-2-14(23(26)27)16(20-15)19-12-4-6-18-7-5-12/h2-7,13H,8-11H2,1H3,(H,24,25)(H,18,19,20)/t13-/m0/s1. The molecule has 2 aromatic heterocycles. The van der Waals surface area contributed by atoms with E-state index < -0.39 is 11.0 Å². The Morgan fingerprint density at radius 1 is 1.36 bits per heavy atom. The van der Waals surface area contributed by atoms with E-state index in [1.54, 1.807) is 30.6 Å². The van der Waals surface area contributed by atoms with Crippen molar-refractivity contribution in [1.82, 2.24) is 14.9 Å². The van der Waals surface area contributed by atoms with Gasteiger partial charge in [-0.15, -0.1) is 0 Å². The maximum atomic E-state index is 11.4. The van der Waals surface area contributed by atoms with Crippen LogP contribution < -0.4 is 10.2 Å². The van der Waals surface area contributed by atoms with Gasteiger partial charge in [0.25, 0.3) is 0 Å². The first kappa shape index (κ1) is 19.3. The Labute approximate surface area is 160 Å². The first-order valence-corrected chi connectivity index (χ1v) is 8.55. The summed E-state index contributed by atoms with van der Waals surface area (Å²) in [7, 11) is 1.51. The summed E-state index contributed by atoms with van der Waals surface area (Å²) in [6, 6.07) is 5.96. The number of nitrogens with zero attached hydrogens (tertiary/aromatic N) is 5. The Balaban J connectivity index is 1.86. The minimum Gasteiger partial charge on any atom is -0.465 e. The highest BCUT2D eigenvalue weighted by Crippen LogP contribution is 2.29. The van der Waals surface area contributed by atoms with Crippen molar-refractivity contribution in [3.63, 3.8) is 0 Å². The zero-order valence-corrected chi connectivity index (χ0v) is 15.2. The number of nitrogens with one attached hydrogen (secondary N) is 1. The molecule has 1 atom stereocenters. The summed E-state index contributed by atoms with van der Waals surface area (Å²) in [4.78, 5) is 33.8. The van der Waals surface area contributed by atoms with E-state index in [1.807, 2.05) is 4.90 Å². The molecule has 148 valence electrons. The van der Waals surface area contributed by atoms with E-state index in [-0.39, 0.29) is 30.7 Å². The second-order valence-corrected chi connectivity index (χ2v) is 6.19. The molecular weight excluding hydrogens is 368 g/mol. The third kappa shape index (κ3) is 4.26. The molecule has 0 bridgehead atoms. The SMILES string of the molecule is COC[C@@H]1CN(c2ccc([N+](=O)[O-])c(Nc3ccncc3)n2)CCN1C(=O)O. The van der Waals surface area contributed by atoms with Gasteiger partial charge in [0.2, 0.25) is 5.82 Å². The van der Waals surface area contributed by atoms with Crippen LogP contribution in [0.25, 0.3) is 0 Å². The Hall–Kier alpha value is -3.47. The molecule has 11 nitrogen and oxygen atoms in total. The Morgan fingerprint density at radius 2 is 2.11 bits per heavy atom. The monoisotopic (exact) mass is 388 g/mol. The number of hydrogen-bond acceptors (Lipinski definition) is 8. The number of amides is 1. The summed E-state index contributed by atoms with van der Waals surface area (Å²) < 4.78 is 5.14. The van der Waals surface area contributed by atoms with Crippen molar-refractivity contribution >= 4 is 29.1 Å². The van der Waals surface area contributed by atoms with E-state index in [2.05, 4.69) is 15.3 Å². The number of hydrogen-bond donors (Lipinski definition) is 2. The second kappa shape index (κ2) is 8.48. The summed E-state index contributed by atoms with van der Waals surface area (Å²) in [5.41, 5.74) is 0.467. The third-order valence-electron chi connectivity index (χ3n) is 4.41. The normalized spacial score (nSPS) is 16.7. The minimum atomic E-state index is -1.00. The molecule has 1 aliphatic rings. The molecule has 2 aromatic rings. The lowest BCUT2D eigenvalue weighted by Crippen LogP contribution is -2.56. The highest BCUT2D eigenvalue weighted by atomic mass is 16.6. The van der Waals surface area contributed by atoms with Gasteiger partial charge in [0.05, 0.1) is 17.6 Å². The third-order valence-corrected chi connectivity index (χ3v) is 4.41. The molecule has 1 amide bonds. The largest absolute Gasteiger partial charge is 0.465 e. The molecule has 1 aliphatic heterocycles. The van der Waals surface area contributed by atoms with Gasteiger partial charge in [0.15, 0.2) is 0 Å². The first-order valence-electron chi connectivity index (χ1n) is 8.55. The molecule has 3 rings (SSSR count). The van der Waals surface area contributed by atoms with Crippen LogP contribution in [0.15, 0.2) is 36.7 Å². The molecule has 0 radical (unpaired) electrons. The molecular formula is C17H20N6O5. The van der Waals surface area contributed by atoms with Gasteiger partial charge >= 0.3 is 11.8 Å². The maximum absolute atomic E-state index is 11.4. The molecule has 11 heteroatoms. The van der Waals surface area contributed by atoms with Crippen LogP contribution in [0.1, 0.15) is 0 Å². The van der Waals surface area contributed by atoms with E-state index in [1.165, 1.54) is 18.1 Å². The summed E-state index contributed by atoms with van der Waals surface area (Å²) >= 11 is 0. The predicted molar refractivity (Wildman–Crippen MR) is 101 cm³/mol. The number of nitro groups is 1. The number of methoxy groups -OCH3 is 1. The number of carboxylic acid groups (broad SMARTS) is 1. The smallest absolute Gasteiger partial charge is 0.407 e. The minimum absolute atomic E-state index is 0.109. The average Bonchev–Trinajstić information content (AvgIpc) is 2.68. The zero-order valence-electron chi connectivity index (χ0n) is 15.2. The molecule has 1 fully saturated rings. The fourth-order valence-electron chi connectivity index (χ4n) is 3.08. The fourth-order valence-corrected chi connectivity index (χ4v) is 3.08. The van der Waals surface area contributed by atoms with Crippen molar-refractivity contribution in [3.8, 4) is 0 Å². The van der Waals surface area contributed by atoms with Crippen LogP contribution in [-0.2, 0) is 4.74 Å². The van der Waals surface area contributed by atoms with Crippen molar-refractivity contribution in [2.45, 2.75) is 6.04 Å². The van der Waals surface area contributed by atoms with E-state index >= 15 is 0 Å². The van der Waals surface area contributed by atoms with Gasteiger partial charge < -0.3 is 20.1 Å². The summed E-state index contributed by atoms with van der Waals surface area (Å²) in [6.07, 6.45) is 2.13. The van der Waals surface area contributed by atoms with Crippen molar-refractivity contribution in [3.05, 3.63) is 46.8 Å². The Kier molecular flexibility index (Phi) is 5.84. The molecule has 28 heavy (non-hydrogen) atoms. The van der Waals surface area contributed by atoms with Gasteiger partial charge in [-0.2, -0.15) is 0 Å². The average molecular weight is 388 g/mol. The second-order valence-electron chi connectivity index (χ2n) is 6.19. The molecule has 0 spiro atoms. The zero-order chi connectivity index (χ0) is 20.1. The predicted octanol–water partition coefficient (Wildman–Crippen LogP) is 1.94. The van der Waals surface area contributed by atoms with E-state index in [0.29, 0.717) is 24.6 Å². The van der Waals surface area contributed by atoms with Crippen molar-refractivity contribution < 1.29 is 19.6 Å². The van der Waals surface area contributed by atoms with E-state index in [9.17, 15) is 20.0 Å². The molecule has 1 saturated heterocycles. The molecule has 0 aliphatic carbocycles. The number of aromatic nitrogens is 2. The van der Waals surface area contributed by atoms with Gasteiger partial charge in [-0.3, -0.25) is 20.0 Å². The highest BCUT2D eigenvalue weighted by molar-refractivity contribution is 5.68. The van der Waals surface area contributed by atoms with Crippen LogP contribution in [0.4, 0.5) is 27.8 Å². The van der Waals surface area contributed by atoms with E-state index in [0.717, 1.165) is 0 Å². The summed E-state index contributed by atoms with van der Waals surface area (Å²) in [5.74, 6) is 0.631. The van der Waals surface area contributed by atoms with Gasteiger partial charge in [-0.05, 0) is 18.2 Å². The quantitative estimate of drug-likeness (QED) is 0.562. The van der Waals surface area contributed by atoms with Gasteiger partial charge in [0.1, 0.15) is 5.82 Å². The number of rotatable bonds is 6. The molecule has 3 heterocycles. The Bertz CT molecular complexity index is 849. The molecule has 2 N–H and O–H groups in total. The molecule has 0 unspecified atom stereocenters. The van der Waals surface area contributed by atoms with Crippen LogP contribution in [-0.4, -0.2) is 70.4 Å². The fraction of sp³-hybridized carbons (Fsp3) is 0.353. The number of piperazine rings is 1. The van der Waals surface area contributed by atoms with Crippen molar-refractivity contribution in [2.75, 3.05) is 43.6 Å². The van der Waals surface area contributed by atoms with Gasteiger partial charge in [0, 0.05) is 50.9 Å². The number of anilines is 3. The lowest BCUT2D eigenvalue weighted by molar-refractivity contribution is -0.384. The molecule has 0 aromatic carbocycles. The van der Waals surface area contributed by atoms with Crippen molar-refractivity contribution in [1.29, 1.82) is 0 Å². The van der Waals surface area contributed by atoms with Crippen LogP contribution >= 0.6 is 0 Å². The van der Waals surface area contributed by atoms with E-state index in [4.69, 9.17) is 4.74 Å². The van der Waals surface area contributed by atoms with Crippen LogP contribution in [0.3, 0.4) is 0 Å². The lowest BCUT2D eigenvalue weighted by atomic mass is 10.2. The van der Waals surface area contributed by atoms with Crippen molar-refractivity contribution in [2.24, 2.45) is 0 Å². The number of ether oxygens (including phenoxy) is 1. The summed E-state index contributed by atoms with van der Waals surface area (Å²) in [6.45, 7) is 1.33. The summed E-state index contributed by atoms with van der Waals surface area (Å²) in [5, 5.41) is 23.7. The van der Waals surface area contributed by atoms with Crippen LogP contribution in [0, 0.1) is 10.1 Å².